The molecule has 2 aliphatic heterocycles. The Balaban J connectivity index is 1.34. The maximum atomic E-state index is 14.5. The number of nitrogens with one attached hydrogen (secondary N) is 1. The first-order valence-electron chi connectivity index (χ1n) is 16.3. The van der Waals surface area contributed by atoms with Gasteiger partial charge in [-0.05, 0) is 37.0 Å². The van der Waals surface area contributed by atoms with Crippen LogP contribution in [0.2, 0.25) is 0 Å². The quantitative estimate of drug-likeness (QED) is 0.0949. The van der Waals surface area contributed by atoms with Crippen LogP contribution in [0, 0.1) is 12.8 Å². The van der Waals surface area contributed by atoms with Crippen LogP contribution in [-0.4, -0.2) is 55.1 Å². The van der Waals surface area contributed by atoms with E-state index in [1.165, 1.54) is 0 Å². The minimum absolute atomic E-state index is 0.00703. The van der Waals surface area contributed by atoms with Crippen LogP contribution in [0.5, 0.6) is 0 Å². The Morgan fingerprint density at radius 2 is 1.30 bits per heavy atom. The molecule has 9 nitrogen and oxygen atoms in total. The smallest absolute Gasteiger partial charge is 0.355 e. The number of carbonyl (C=O) groups is 5. The van der Waals surface area contributed by atoms with Gasteiger partial charge in [0.2, 0.25) is 5.91 Å². The average molecular weight is 689 g/mol. The van der Waals surface area contributed by atoms with Crippen molar-refractivity contribution in [1.29, 1.82) is 0 Å². The predicted molar refractivity (Wildman–Crippen MR) is 188 cm³/mol. The molecule has 1 fully saturated rings. The van der Waals surface area contributed by atoms with E-state index in [1.54, 1.807) is 91.9 Å². The lowest BCUT2D eigenvalue weighted by molar-refractivity contribution is -0.153. The molecular weight excluding hydrogens is 653 g/mol. The van der Waals surface area contributed by atoms with Gasteiger partial charge in [0.1, 0.15) is 23.7 Å². The number of hydrogen-bond donors (Lipinski definition) is 1. The summed E-state index contributed by atoms with van der Waals surface area (Å²) < 4.78 is 20.1. The largest absolute Gasteiger partial charge is 0.456 e. The van der Waals surface area contributed by atoms with Crippen molar-refractivity contribution in [2.75, 3.05) is 0 Å². The van der Waals surface area contributed by atoms with E-state index in [-0.39, 0.29) is 30.7 Å². The minimum atomic E-state index is -1.94. The number of carbonyl (C=O) groups excluding carboxylic acids is 5. The van der Waals surface area contributed by atoms with Crippen molar-refractivity contribution in [3.63, 3.8) is 0 Å². The zero-order valence-electron chi connectivity index (χ0n) is 27.6. The summed E-state index contributed by atoms with van der Waals surface area (Å²) in [6.07, 6.45) is -0.204. The van der Waals surface area contributed by atoms with Crippen molar-refractivity contribution >= 4 is 40.1 Å². The molecule has 10 heteroatoms. The van der Waals surface area contributed by atoms with Gasteiger partial charge in [-0.1, -0.05) is 121 Å². The standard InChI is InChI=1S/C40H36N2O7S/c1-25-18-20-27(21-19-25)22-33(43)41-34-38(46)42-35(40(47)49-24-28-12-6-3-7-13-28)26(2)32(50(48)39(34)42)23-31(36(44)29-14-8-4-9-15-29)37(45)30-16-10-5-11-17-30/h3-21,31-32,34,39H,22-24H2,1-2H3,(H,41,43)/t32?,34?,39-,50?/m0/s1. The molecule has 0 spiro atoms. The summed E-state index contributed by atoms with van der Waals surface area (Å²) >= 11 is 0. The van der Waals surface area contributed by atoms with Crippen LogP contribution in [0.3, 0.4) is 0 Å². The van der Waals surface area contributed by atoms with Crippen molar-refractivity contribution < 1.29 is 32.9 Å². The third-order valence-electron chi connectivity index (χ3n) is 9.07. The Kier molecular flexibility index (Phi) is 10.3. The van der Waals surface area contributed by atoms with E-state index < -0.39 is 62.7 Å². The molecule has 4 atom stereocenters. The molecule has 2 aliphatic rings. The van der Waals surface area contributed by atoms with E-state index >= 15 is 0 Å². The number of ether oxygens (including phenoxy) is 1. The fourth-order valence-electron chi connectivity index (χ4n) is 6.35. The molecule has 1 N–H and O–H groups in total. The van der Waals surface area contributed by atoms with Crippen molar-refractivity contribution in [2.24, 2.45) is 5.92 Å². The highest BCUT2D eigenvalue weighted by Gasteiger charge is 2.59. The first-order chi connectivity index (χ1) is 24.1. The number of benzene rings is 4. The molecule has 0 aliphatic carbocycles. The molecule has 0 bridgehead atoms. The van der Waals surface area contributed by atoms with Gasteiger partial charge in [-0.3, -0.25) is 28.3 Å². The maximum absolute atomic E-state index is 14.5. The molecular formula is C40H36N2O7S. The van der Waals surface area contributed by atoms with Gasteiger partial charge >= 0.3 is 5.97 Å². The molecule has 254 valence electrons. The Morgan fingerprint density at radius 3 is 1.86 bits per heavy atom. The van der Waals surface area contributed by atoms with E-state index in [4.69, 9.17) is 4.74 Å². The second-order valence-corrected chi connectivity index (χ2v) is 14.2. The second kappa shape index (κ2) is 15.0. The van der Waals surface area contributed by atoms with E-state index in [2.05, 4.69) is 5.32 Å². The maximum Gasteiger partial charge on any atom is 0.355 e. The summed E-state index contributed by atoms with van der Waals surface area (Å²) in [5.74, 6) is -4.00. The fourth-order valence-corrected chi connectivity index (χ4v) is 8.40. The third-order valence-corrected chi connectivity index (χ3v) is 11.1. The predicted octanol–water partition coefficient (Wildman–Crippen LogP) is 5.11. The van der Waals surface area contributed by atoms with E-state index in [9.17, 15) is 28.2 Å². The summed E-state index contributed by atoms with van der Waals surface area (Å²) in [5.41, 5.74) is 3.30. The number of fused-ring (bicyclic) bond motifs is 1. The molecule has 0 saturated carbocycles. The molecule has 4 aromatic carbocycles. The number of amides is 2. The number of rotatable bonds is 12. The molecule has 4 aromatic rings. The lowest BCUT2D eigenvalue weighted by Crippen LogP contribution is -2.74. The number of esters is 1. The highest BCUT2D eigenvalue weighted by atomic mass is 32.2. The number of ketones is 2. The second-order valence-electron chi connectivity index (χ2n) is 12.5. The fraction of sp³-hybridized carbons (Fsp3) is 0.225. The molecule has 0 radical (unpaired) electrons. The van der Waals surface area contributed by atoms with E-state index in [0.717, 1.165) is 21.6 Å². The van der Waals surface area contributed by atoms with Gasteiger partial charge in [-0.25, -0.2) is 4.79 Å². The van der Waals surface area contributed by atoms with Gasteiger partial charge in [-0.2, -0.15) is 0 Å². The van der Waals surface area contributed by atoms with Crippen LogP contribution in [0.15, 0.2) is 127 Å². The van der Waals surface area contributed by atoms with Crippen molar-refractivity contribution in [2.45, 2.75) is 50.0 Å². The first-order valence-corrected chi connectivity index (χ1v) is 17.6. The minimum Gasteiger partial charge on any atom is -0.456 e. The number of aryl methyl sites for hydroxylation is 1. The zero-order valence-corrected chi connectivity index (χ0v) is 28.4. The Bertz CT molecular complexity index is 1930. The van der Waals surface area contributed by atoms with Gasteiger partial charge in [0, 0.05) is 11.1 Å². The summed E-state index contributed by atoms with van der Waals surface area (Å²) in [6, 6.07) is 32.0. The van der Waals surface area contributed by atoms with Crippen LogP contribution >= 0.6 is 0 Å². The summed E-state index contributed by atoms with van der Waals surface area (Å²) in [6.45, 7) is 3.43. The highest BCUT2D eigenvalue weighted by Crippen LogP contribution is 2.41. The van der Waals surface area contributed by atoms with Gasteiger partial charge in [-0.15, -0.1) is 0 Å². The van der Waals surface area contributed by atoms with Crippen molar-refractivity contribution in [3.8, 4) is 0 Å². The summed E-state index contributed by atoms with van der Waals surface area (Å²) in [5, 5.41) is 0.621. The van der Waals surface area contributed by atoms with Gasteiger partial charge in [0.15, 0.2) is 11.6 Å². The lowest BCUT2D eigenvalue weighted by atomic mass is 9.85. The Labute approximate surface area is 292 Å². The molecule has 50 heavy (non-hydrogen) atoms. The van der Waals surface area contributed by atoms with E-state index in [0.29, 0.717) is 11.1 Å². The molecule has 1 saturated heterocycles. The van der Waals surface area contributed by atoms with Crippen LogP contribution in [0.1, 0.15) is 50.8 Å². The number of hydrogen-bond acceptors (Lipinski definition) is 7. The first kappa shape index (κ1) is 34.4. The van der Waals surface area contributed by atoms with Gasteiger partial charge in [0.05, 0.1) is 28.4 Å². The van der Waals surface area contributed by atoms with Crippen LogP contribution in [-0.2, 0) is 42.9 Å². The topological polar surface area (TPSA) is 127 Å². The Hall–Kier alpha value is -5.48. The number of nitrogens with zero attached hydrogens (tertiary/aromatic N) is 1. The molecule has 2 heterocycles. The van der Waals surface area contributed by atoms with Gasteiger partial charge in [0.25, 0.3) is 5.91 Å². The third kappa shape index (κ3) is 7.11. The Morgan fingerprint density at radius 1 is 0.760 bits per heavy atom. The van der Waals surface area contributed by atoms with Crippen LogP contribution in [0.4, 0.5) is 0 Å². The monoisotopic (exact) mass is 688 g/mol. The van der Waals surface area contributed by atoms with Crippen LogP contribution < -0.4 is 5.32 Å². The van der Waals surface area contributed by atoms with Gasteiger partial charge < -0.3 is 10.1 Å². The van der Waals surface area contributed by atoms with E-state index in [1.807, 2.05) is 37.3 Å². The SMILES string of the molecule is CC1=C(C(=O)OCc2ccccc2)N2C(=O)C(NC(=O)Cc3ccc(C)cc3)[C@@H]2S(=O)C1CC(C(=O)c1ccccc1)C(=O)c1ccccc1. The molecule has 3 unspecified atom stereocenters. The summed E-state index contributed by atoms with van der Waals surface area (Å²) in [7, 11) is -1.94. The highest BCUT2D eigenvalue weighted by molar-refractivity contribution is 7.86. The zero-order chi connectivity index (χ0) is 35.4. The normalized spacial score (nSPS) is 19.7. The van der Waals surface area contributed by atoms with Crippen LogP contribution in [0.25, 0.3) is 0 Å². The molecule has 6 rings (SSSR count). The van der Waals surface area contributed by atoms with Crippen molar-refractivity contribution in [1.82, 2.24) is 10.2 Å². The summed E-state index contributed by atoms with van der Waals surface area (Å²) in [4.78, 5) is 69.7. The molecule has 2 amide bonds. The average Bonchev–Trinajstić information content (AvgIpc) is 3.14. The number of Topliss-reactive ketones (excluding diaryl/α,β-unsaturated/α-hetero) is 2. The van der Waals surface area contributed by atoms with Crippen molar-refractivity contribution in [3.05, 3.63) is 154 Å². The molecule has 0 aromatic heterocycles. The lowest BCUT2D eigenvalue weighted by Gasteiger charge is -2.51. The number of β-lactam (4-membered cyclic amide) rings is 1.